The minimum Gasteiger partial charge on any atom is -0.495 e. The minimum atomic E-state index is -3.27. The molecule has 0 amide bonds. The Kier molecular flexibility index (Phi) is 5.62. The molecule has 5 heteroatoms. The number of benzene rings is 1. The van der Waals surface area contributed by atoms with Crippen LogP contribution in [0.3, 0.4) is 0 Å². The van der Waals surface area contributed by atoms with Crippen molar-refractivity contribution in [3.05, 3.63) is 24.3 Å². The molecule has 0 spiro atoms. The van der Waals surface area contributed by atoms with Crippen molar-refractivity contribution in [2.24, 2.45) is 5.73 Å². The number of ether oxygens (including phenoxy) is 1. The van der Waals surface area contributed by atoms with Crippen molar-refractivity contribution in [2.45, 2.75) is 37.1 Å². The van der Waals surface area contributed by atoms with Crippen LogP contribution < -0.4 is 10.5 Å². The molecule has 0 aliphatic carbocycles. The Bertz CT molecular complexity index is 469. The molecule has 2 N–H and O–H groups in total. The average Bonchev–Trinajstić information content (AvgIpc) is 2.34. The van der Waals surface area contributed by atoms with E-state index in [0.717, 1.165) is 12.8 Å². The predicted molar refractivity (Wildman–Crippen MR) is 72.5 cm³/mol. The first-order chi connectivity index (χ1) is 8.47. The lowest BCUT2D eigenvalue weighted by atomic mass is 10.2. The van der Waals surface area contributed by atoms with Gasteiger partial charge in [0.1, 0.15) is 10.6 Å². The molecule has 0 fully saturated rings. The number of para-hydroxylation sites is 1. The van der Waals surface area contributed by atoms with Crippen LogP contribution >= 0.6 is 0 Å². The van der Waals surface area contributed by atoms with Gasteiger partial charge >= 0.3 is 0 Å². The van der Waals surface area contributed by atoms with Crippen LogP contribution in [0.25, 0.3) is 0 Å². The highest BCUT2D eigenvalue weighted by Gasteiger charge is 2.18. The van der Waals surface area contributed by atoms with Gasteiger partial charge in [0.05, 0.1) is 12.9 Å². The summed E-state index contributed by atoms with van der Waals surface area (Å²) in [7, 11) is -1.79. The highest BCUT2D eigenvalue weighted by molar-refractivity contribution is 7.91. The fourth-order valence-electron chi connectivity index (χ4n) is 1.74. The van der Waals surface area contributed by atoms with Gasteiger partial charge in [-0.2, -0.15) is 0 Å². The Morgan fingerprint density at radius 3 is 2.56 bits per heavy atom. The minimum absolute atomic E-state index is 0.124. The zero-order chi connectivity index (χ0) is 13.6. The Balaban J connectivity index is 2.68. The van der Waals surface area contributed by atoms with Crippen LogP contribution in [0.5, 0.6) is 5.75 Å². The normalized spacial score (nSPS) is 13.3. The van der Waals surface area contributed by atoms with E-state index in [1.807, 2.05) is 6.92 Å². The Morgan fingerprint density at radius 2 is 1.94 bits per heavy atom. The molecule has 1 rings (SSSR count). The first kappa shape index (κ1) is 15.0. The van der Waals surface area contributed by atoms with Gasteiger partial charge in [-0.25, -0.2) is 8.42 Å². The number of unbranched alkanes of at least 4 members (excludes halogenated alkanes) is 1. The maximum absolute atomic E-state index is 12.1. The third-order valence-corrected chi connectivity index (χ3v) is 4.56. The number of hydrogen-bond donors (Lipinski definition) is 1. The monoisotopic (exact) mass is 271 g/mol. The van der Waals surface area contributed by atoms with Gasteiger partial charge in [-0.3, -0.25) is 0 Å². The lowest BCUT2D eigenvalue weighted by Crippen LogP contribution is -2.15. The van der Waals surface area contributed by atoms with Crippen molar-refractivity contribution in [3.63, 3.8) is 0 Å². The molecular weight excluding hydrogens is 250 g/mol. The second kappa shape index (κ2) is 6.75. The van der Waals surface area contributed by atoms with E-state index < -0.39 is 9.84 Å². The summed E-state index contributed by atoms with van der Waals surface area (Å²) in [5.41, 5.74) is 5.63. The highest BCUT2D eigenvalue weighted by Crippen LogP contribution is 2.24. The summed E-state index contributed by atoms with van der Waals surface area (Å²) in [5, 5.41) is 0. The van der Waals surface area contributed by atoms with Gasteiger partial charge in [0.15, 0.2) is 9.84 Å². The predicted octanol–water partition coefficient (Wildman–Crippen LogP) is 1.99. The van der Waals surface area contributed by atoms with Crippen LogP contribution in [0.4, 0.5) is 0 Å². The van der Waals surface area contributed by atoms with Gasteiger partial charge in [0, 0.05) is 6.04 Å². The fraction of sp³-hybridized carbons (Fsp3) is 0.538. The molecule has 0 saturated carbocycles. The summed E-state index contributed by atoms with van der Waals surface area (Å²) in [5.74, 6) is 0.546. The summed E-state index contributed by atoms with van der Waals surface area (Å²) in [6.07, 6.45) is 2.30. The zero-order valence-electron chi connectivity index (χ0n) is 10.9. The third-order valence-electron chi connectivity index (χ3n) is 2.73. The van der Waals surface area contributed by atoms with E-state index in [9.17, 15) is 8.42 Å². The quantitative estimate of drug-likeness (QED) is 0.770. The summed E-state index contributed by atoms with van der Waals surface area (Å²) >= 11 is 0. The van der Waals surface area contributed by atoms with Crippen LogP contribution in [-0.2, 0) is 9.84 Å². The van der Waals surface area contributed by atoms with Crippen molar-refractivity contribution in [1.82, 2.24) is 0 Å². The van der Waals surface area contributed by atoms with E-state index in [4.69, 9.17) is 10.5 Å². The Hall–Kier alpha value is -1.07. The lowest BCUT2D eigenvalue weighted by molar-refractivity contribution is 0.402. The van der Waals surface area contributed by atoms with Crippen molar-refractivity contribution >= 4 is 9.84 Å². The number of nitrogens with two attached hydrogens (primary N) is 1. The number of methoxy groups -OCH3 is 1. The van der Waals surface area contributed by atoms with E-state index in [1.165, 1.54) is 7.11 Å². The van der Waals surface area contributed by atoms with E-state index >= 15 is 0 Å². The highest BCUT2D eigenvalue weighted by atomic mass is 32.2. The van der Waals surface area contributed by atoms with Crippen molar-refractivity contribution in [2.75, 3.05) is 12.9 Å². The molecule has 1 unspecified atom stereocenters. The second-order valence-corrected chi connectivity index (χ2v) is 6.52. The van der Waals surface area contributed by atoms with Crippen LogP contribution in [0.1, 0.15) is 26.2 Å². The van der Waals surface area contributed by atoms with Crippen molar-refractivity contribution in [3.8, 4) is 5.75 Å². The van der Waals surface area contributed by atoms with E-state index in [1.54, 1.807) is 24.3 Å². The largest absolute Gasteiger partial charge is 0.495 e. The molecule has 1 aromatic rings. The lowest BCUT2D eigenvalue weighted by Gasteiger charge is -2.09. The Morgan fingerprint density at radius 1 is 1.28 bits per heavy atom. The molecule has 0 heterocycles. The van der Waals surface area contributed by atoms with Crippen molar-refractivity contribution < 1.29 is 13.2 Å². The molecule has 0 aromatic heterocycles. The number of rotatable bonds is 7. The van der Waals surface area contributed by atoms with Gasteiger partial charge in [-0.1, -0.05) is 18.6 Å². The van der Waals surface area contributed by atoms with E-state index in [-0.39, 0.29) is 16.7 Å². The number of hydrogen-bond acceptors (Lipinski definition) is 4. The first-order valence-electron chi connectivity index (χ1n) is 6.08. The molecule has 18 heavy (non-hydrogen) atoms. The van der Waals surface area contributed by atoms with Gasteiger partial charge in [-0.15, -0.1) is 0 Å². The summed E-state index contributed by atoms with van der Waals surface area (Å²) in [6.45, 7) is 1.93. The molecule has 0 aliphatic rings. The molecule has 0 saturated heterocycles. The summed E-state index contributed by atoms with van der Waals surface area (Å²) in [6, 6.07) is 6.83. The maximum atomic E-state index is 12.1. The summed E-state index contributed by atoms with van der Waals surface area (Å²) in [4.78, 5) is 0.272. The van der Waals surface area contributed by atoms with Crippen LogP contribution in [0.15, 0.2) is 29.2 Å². The van der Waals surface area contributed by atoms with E-state index in [2.05, 4.69) is 0 Å². The van der Waals surface area contributed by atoms with Gasteiger partial charge in [0.2, 0.25) is 0 Å². The van der Waals surface area contributed by atoms with Crippen molar-refractivity contribution in [1.29, 1.82) is 0 Å². The topological polar surface area (TPSA) is 69.4 Å². The third kappa shape index (κ3) is 4.31. The molecule has 0 radical (unpaired) electrons. The first-order valence-corrected chi connectivity index (χ1v) is 7.74. The molecular formula is C13H21NO3S. The molecule has 1 aromatic carbocycles. The summed E-state index contributed by atoms with van der Waals surface area (Å²) < 4.78 is 29.4. The fourth-order valence-corrected chi connectivity index (χ4v) is 3.29. The molecule has 4 nitrogen and oxygen atoms in total. The smallest absolute Gasteiger partial charge is 0.182 e. The van der Waals surface area contributed by atoms with Crippen LogP contribution in [0, 0.1) is 0 Å². The molecule has 0 aliphatic heterocycles. The molecule has 1 atom stereocenters. The standard InChI is InChI=1S/C13H21NO3S/c1-11(14)7-5-6-10-18(15,16)13-9-4-3-8-12(13)17-2/h3-4,8-9,11H,5-7,10,14H2,1-2H3. The Labute approximate surface area is 109 Å². The van der Waals surface area contributed by atoms with Gasteiger partial charge in [-0.05, 0) is 31.9 Å². The SMILES string of the molecule is COc1ccccc1S(=O)(=O)CCCCC(C)N. The molecule has 102 valence electrons. The maximum Gasteiger partial charge on any atom is 0.182 e. The average molecular weight is 271 g/mol. The van der Waals surface area contributed by atoms with Gasteiger partial charge in [0.25, 0.3) is 0 Å². The zero-order valence-corrected chi connectivity index (χ0v) is 11.7. The van der Waals surface area contributed by atoms with Crippen LogP contribution in [0.2, 0.25) is 0 Å². The van der Waals surface area contributed by atoms with E-state index in [0.29, 0.717) is 12.2 Å². The van der Waals surface area contributed by atoms with Gasteiger partial charge < -0.3 is 10.5 Å². The second-order valence-electron chi connectivity index (χ2n) is 4.44. The molecule has 0 bridgehead atoms. The van der Waals surface area contributed by atoms with Crippen LogP contribution in [-0.4, -0.2) is 27.3 Å². The number of sulfone groups is 1.